The van der Waals surface area contributed by atoms with E-state index in [0.29, 0.717) is 48.9 Å². The SMILES string of the molecule is CCOc1ccccc1N1C(=O)C(c2ccccc2)=C(N2CCN(CCO)CC2)C1=O. The van der Waals surface area contributed by atoms with Crippen molar-refractivity contribution in [1.29, 1.82) is 0 Å². The number of hydrogen-bond donors (Lipinski definition) is 1. The van der Waals surface area contributed by atoms with Crippen LogP contribution in [0.25, 0.3) is 5.57 Å². The lowest BCUT2D eigenvalue weighted by Crippen LogP contribution is -2.48. The van der Waals surface area contributed by atoms with Crippen LogP contribution < -0.4 is 9.64 Å². The number of β-amino-alcohol motifs (C(OH)–C–C–N with tert-alkyl or cyclic N) is 1. The molecule has 0 atom stereocenters. The molecule has 162 valence electrons. The summed E-state index contributed by atoms with van der Waals surface area (Å²) in [6, 6.07) is 16.5. The van der Waals surface area contributed by atoms with E-state index < -0.39 is 0 Å². The van der Waals surface area contributed by atoms with Gasteiger partial charge in [0.15, 0.2) is 0 Å². The number of carbonyl (C=O) groups is 2. The van der Waals surface area contributed by atoms with Gasteiger partial charge in [0, 0.05) is 32.7 Å². The number of anilines is 1. The summed E-state index contributed by atoms with van der Waals surface area (Å²) in [4.78, 5) is 32.7. The van der Waals surface area contributed by atoms with Crippen molar-refractivity contribution >= 4 is 23.1 Å². The lowest BCUT2D eigenvalue weighted by atomic mass is 10.0. The molecule has 2 aromatic carbocycles. The number of rotatable bonds is 7. The van der Waals surface area contributed by atoms with Gasteiger partial charge >= 0.3 is 0 Å². The third kappa shape index (κ3) is 4.06. The number of amides is 2. The van der Waals surface area contributed by atoms with Gasteiger partial charge in [-0.2, -0.15) is 0 Å². The largest absolute Gasteiger partial charge is 0.492 e. The van der Waals surface area contributed by atoms with Crippen LogP contribution in [0.1, 0.15) is 12.5 Å². The Hall–Kier alpha value is -3.16. The number of aliphatic hydroxyl groups is 1. The van der Waals surface area contributed by atoms with E-state index in [1.54, 1.807) is 18.2 Å². The molecule has 1 N–H and O–H groups in total. The average Bonchev–Trinajstić information content (AvgIpc) is 3.06. The fourth-order valence-electron chi connectivity index (χ4n) is 4.15. The van der Waals surface area contributed by atoms with Crippen LogP contribution in [-0.2, 0) is 9.59 Å². The topological polar surface area (TPSA) is 73.3 Å². The van der Waals surface area contributed by atoms with Crippen LogP contribution in [-0.4, -0.2) is 72.7 Å². The molecule has 1 saturated heterocycles. The fraction of sp³-hybridized carbons (Fsp3) is 0.333. The molecule has 0 bridgehead atoms. The highest BCUT2D eigenvalue weighted by molar-refractivity contribution is 6.45. The zero-order chi connectivity index (χ0) is 21.8. The Morgan fingerprint density at radius 2 is 1.58 bits per heavy atom. The van der Waals surface area contributed by atoms with Crippen molar-refractivity contribution in [1.82, 2.24) is 9.80 Å². The van der Waals surface area contributed by atoms with E-state index >= 15 is 0 Å². The van der Waals surface area contributed by atoms with Crippen molar-refractivity contribution in [2.45, 2.75) is 6.92 Å². The maximum absolute atomic E-state index is 13.7. The first-order valence-electron chi connectivity index (χ1n) is 10.6. The molecule has 2 amide bonds. The number of imide groups is 1. The zero-order valence-electron chi connectivity index (χ0n) is 17.7. The van der Waals surface area contributed by atoms with Crippen LogP contribution in [0.5, 0.6) is 5.75 Å². The van der Waals surface area contributed by atoms with Gasteiger partial charge < -0.3 is 14.7 Å². The highest BCUT2D eigenvalue weighted by atomic mass is 16.5. The molecule has 4 rings (SSSR count). The predicted molar refractivity (Wildman–Crippen MR) is 119 cm³/mol. The lowest BCUT2D eigenvalue weighted by molar-refractivity contribution is -0.120. The summed E-state index contributed by atoms with van der Waals surface area (Å²) in [6.45, 7) is 5.71. The number of piperazine rings is 1. The molecule has 0 unspecified atom stereocenters. The monoisotopic (exact) mass is 421 g/mol. The third-order valence-electron chi connectivity index (χ3n) is 5.63. The minimum Gasteiger partial charge on any atom is -0.492 e. The second-order valence-electron chi connectivity index (χ2n) is 7.49. The van der Waals surface area contributed by atoms with Gasteiger partial charge in [0.2, 0.25) is 0 Å². The van der Waals surface area contributed by atoms with Crippen LogP contribution >= 0.6 is 0 Å². The second kappa shape index (κ2) is 9.32. The van der Waals surface area contributed by atoms with Gasteiger partial charge in [-0.3, -0.25) is 14.5 Å². The van der Waals surface area contributed by atoms with Gasteiger partial charge in [-0.25, -0.2) is 4.90 Å². The Bertz CT molecular complexity index is 981. The third-order valence-corrected chi connectivity index (χ3v) is 5.63. The van der Waals surface area contributed by atoms with Gasteiger partial charge in [0.25, 0.3) is 11.8 Å². The van der Waals surface area contributed by atoms with E-state index in [2.05, 4.69) is 4.90 Å². The van der Waals surface area contributed by atoms with E-state index in [9.17, 15) is 14.7 Å². The fourth-order valence-corrected chi connectivity index (χ4v) is 4.15. The molecule has 0 saturated carbocycles. The van der Waals surface area contributed by atoms with Gasteiger partial charge in [0.1, 0.15) is 11.4 Å². The van der Waals surface area contributed by atoms with E-state index in [1.165, 1.54) is 4.90 Å². The van der Waals surface area contributed by atoms with E-state index in [-0.39, 0.29) is 18.4 Å². The van der Waals surface area contributed by atoms with Crippen LogP contribution in [0.3, 0.4) is 0 Å². The van der Waals surface area contributed by atoms with E-state index in [0.717, 1.165) is 18.7 Å². The summed E-state index contributed by atoms with van der Waals surface area (Å²) in [5.74, 6) is -0.157. The quantitative estimate of drug-likeness (QED) is 0.690. The minimum absolute atomic E-state index is 0.109. The lowest BCUT2D eigenvalue weighted by Gasteiger charge is -2.36. The second-order valence-corrected chi connectivity index (χ2v) is 7.49. The van der Waals surface area contributed by atoms with Gasteiger partial charge in [0.05, 0.1) is 24.5 Å². The Morgan fingerprint density at radius 3 is 2.26 bits per heavy atom. The predicted octanol–water partition coefficient (Wildman–Crippen LogP) is 1.98. The van der Waals surface area contributed by atoms with Crippen molar-refractivity contribution in [3.8, 4) is 5.75 Å². The molecule has 1 fully saturated rings. The molecule has 2 heterocycles. The number of carbonyl (C=O) groups excluding carboxylic acids is 2. The van der Waals surface area contributed by atoms with Crippen LogP contribution in [0, 0.1) is 0 Å². The Morgan fingerprint density at radius 1 is 0.903 bits per heavy atom. The molecule has 7 nitrogen and oxygen atoms in total. The van der Waals surface area contributed by atoms with Gasteiger partial charge in [-0.1, -0.05) is 42.5 Å². The molecule has 0 radical (unpaired) electrons. The Balaban J connectivity index is 1.74. The smallest absolute Gasteiger partial charge is 0.282 e. The highest BCUT2D eigenvalue weighted by Crippen LogP contribution is 2.38. The molecule has 0 aliphatic carbocycles. The first kappa shape index (κ1) is 21.1. The van der Waals surface area contributed by atoms with Crippen molar-refractivity contribution < 1.29 is 19.4 Å². The molecular weight excluding hydrogens is 394 g/mol. The zero-order valence-corrected chi connectivity index (χ0v) is 17.7. The van der Waals surface area contributed by atoms with Gasteiger partial charge in [-0.15, -0.1) is 0 Å². The molecule has 0 aromatic heterocycles. The number of benzene rings is 2. The van der Waals surface area contributed by atoms with Crippen molar-refractivity contribution in [2.24, 2.45) is 0 Å². The molecular formula is C24H27N3O4. The number of ether oxygens (including phenoxy) is 1. The first-order chi connectivity index (χ1) is 15.2. The molecule has 7 heteroatoms. The molecule has 2 aliphatic heterocycles. The maximum Gasteiger partial charge on any atom is 0.282 e. The summed E-state index contributed by atoms with van der Waals surface area (Å²) in [6.07, 6.45) is 0. The molecule has 2 aromatic rings. The average molecular weight is 421 g/mol. The normalized spacial score (nSPS) is 17.6. The summed E-state index contributed by atoms with van der Waals surface area (Å²) < 4.78 is 5.70. The van der Waals surface area contributed by atoms with Crippen molar-refractivity contribution in [2.75, 3.05) is 50.8 Å². The number of para-hydroxylation sites is 2. The number of aliphatic hydroxyl groups excluding tert-OH is 1. The summed E-state index contributed by atoms with van der Waals surface area (Å²) in [5, 5.41) is 9.21. The Kier molecular flexibility index (Phi) is 6.34. The van der Waals surface area contributed by atoms with Crippen molar-refractivity contribution in [3.05, 3.63) is 65.9 Å². The summed E-state index contributed by atoms with van der Waals surface area (Å²) >= 11 is 0. The van der Waals surface area contributed by atoms with Crippen LogP contribution in [0.4, 0.5) is 5.69 Å². The number of hydrogen-bond acceptors (Lipinski definition) is 6. The van der Waals surface area contributed by atoms with Gasteiger partial charge in [-0.05, 0) is 24.6 Å². The van der Waals surface area contributed by atoms with Crippen molar-refractivity contribution in [3.63, 3.8) is 0 Å². The number of nitrogens with zero attached hydrogens (tertiary/aromatic N) is 3. The van der Waals surface area contributed by atoms with E-state index in [4.69, 9.17) is 4.74 Å². The highest BCUT2D eigenvalue weighted by Gasteiger charge is 2.43. The minimum atomic E-state index is -0.337. The van der Waals surface area contributed by atoms with E-state index in [1.807, 2.05) is 48.2 Å². The summed E-state index contributed by atoms with van der Waals surface area (Å²) in [7, 11) is 0. The van der Waals surface area contributed by atoms with Crippen LogP contribution in [0.15, 0.2) is 60.3 Å². The molecule has 0 spiro atoms. The molecule has 31 heavy (non-hydrogen) atoms. The van der Waals surface area contributed by atoms with Crippen LogP contribution in [0.2, 0.25) is 0 Å². The molecule has 2 aliphatic rings. The summed E-state index contributed by atoms with van der Waals surface area (Å²) in [5.41, 5.74) is 2.05. The standard InChI is InChI=1S/C24H27N3O4/c1-2-31-20-11-7-6-10-19(20)27-23(29)21(18-8-4-3-5-9-18)22(24(27)30)26-14-12-25(13-15-26)16-17-28/h3-11,28H,2,12-17H2,1H3. The maximum atomic E-state index is 13.7. The first-order valence-corrected chi connectivity index (χ1v) is 10.6. The Labute approximate surface area is 182 Å².